The minimum atomic E-state index is -0.389. The maximum atomic E-state index is 11.7. The molecule has 5 heteroatoms. The first-order valence-electron chi connectivity index (χ1n) is 6.18. The van der Waals surface area contributed by atoms with E-state index in [1.54, 1.807) is 17.7 Å². The van der Waals surface area contributed by atoms with E-state index in [-0.39, 0.29) is 5.97 Å². The Labute approximate surface area is 117 Å². The lowest BCUT2D eigenvalue weighted by molar-refractivity contribution is 0.0599. The van der Waals surface area contributed by atoms with Gasteiger partial charge < -0.3 is 4.74 Å². The predicted molar refractivity (Wildman–Crippen MR) is 73.3 cm³/mol. The van der Waals surface area contributed by atoms with Crippen LogP contribution >= 0.6 is 0 Å². The second-order valence-corrected chi connectivity index (χ2v) is 4.46. The third kappa shape index (κ3) is 2.41. The van der Waals surface area contributed by atoms with E-state index in [1.807, 2.05) is 25.1 Å². The number of aromatic nitrogens is 2. The molecule has 0 unspecified atom stereocenters. The SMILES string of the molecule is COC(=O)c1c(C)nn(Cc2ccccc2C#N)c1C. The van der Waals surface area contributed by atoms with E-state index >= 15 is 0 Å². The van der Waals surface area contributed by atoms with Gasteiger partial charge in [-0.05, 0) is 25.5 Å². The zero-order valence-electron chi connectivity index (χ0n) is 11.7. The summed E-state index contributed by atoms with van der Waals surface area (Å²) in [5.74, 6) is -0.389. The van der Waals surface area contributed by atoms with Crippen LogP contribution in [0.3, 0.4) is 0 Å². The van der Waals surface area contributed by atoms with Crippen molar-refractivity contribution in [3.8, 4) is 6.07 Å². The molecule has 0 atom stereocenters. The number of rotatable bonds is 3. The van der Waals surface area contributed by atoms with Gasteiger partial charge in [0.15, 0.2) is 0 Å². The fourth-order valence-corrected chi connectivity index (χ4v) is 2.18. The normalized spacial score (nSPS) is 10.1. The lowest BCUT2D eigenvalue weighted by Crippen LogP contribution is -2.08. The first-order valence-corrected chi connectivity index (χ1v) is 6.18. The number of esters is 1. The quantitative estimate of drug-likeness (QED) is 0.801. The van der Waals surface area contributed by atoms with Crippen LogP contribution in [0.1, 0.15) is 32.9 Å². The Morgan fingerprint density at radius 1 is 1.40 bits per heavy atom. The molecule has 5 nitrogen and oxygen atoms in total. The van der Waals surface area contributed by atoms with Crippen molar-refractivity contribution in [2.45, 2.75) is 20.4 Å². The predicted octanol–water partition coefficient (Wildman–Crippen LogP) is 2.21. The van der Waals surface area contributed by atoms with Crippen LogP contribution < -0.4 is 0 Å². The maximum Gasteiger partial charge on any atom is 0.341 e. The first-order chi connectivity index (χ1) is 9.58. The van der Waals surface area contributed by atoms with Crippen molar-refractivity contribution in [3.63, 3.8) is 0 Å². The summed E-state index contributed by atoms with van der Waals surface area (Å²) in [5.41, 5.74) is 3.34. The van der Waals surface area contributed by atoms with Gasteiger partial charge >= 0.3 is 5.97 Å². The molecule has 20 heavy (non-hydrogen) atoms. The number of carbonyl (C=O) groups is 1. The summed E-state index contributed by atoms with van der Waals surface area (Å²) >= 11 is 0. The highest BCUT2D eigenvalue weighted by atomic mass is 16.5. The van der Waals surface area contributed by atoms with Crippen molar-refractivity contribution in [1.82, 2.24) is 9.78 Å². The highest BCUT2D eigenvalue weighted by molar-refractivity contribution is 5.91. The van der Waals surface area contributed by atoms with E-state index in [1.165, 1.54) is 7.11 Å². The molecule has 0 radical (unpaired) electrons. The van der Waals surface area contributed by atoms with E-state index in [4.69, 9.17) is 10.00 Å². The molecule has 2 rings (SSSR count). The Bertz CT molecular complexity index is 696. The fraction of sp³-hybridized carbons (Fsp3) is 0.267. The summed E-state index contributed by atoms with van der Waals surface area (Å²) in [5, 5.41) is 13.5. The molecule has 1 aromatic heterocycles. The van der Waals surface area contributed by atoms with Crippen molar-refractivity contribution in [1.29, 1.82) is 5.26 Å². The molecule has 1 heterocycles. The standard InChI is InChI=1S/C15H15N3O2/c1-10-14(15(19)20-3)11(2)18(17-10)9-13-7-5-4-6-12(13)8-16/h4-7H,9H2,1-3H3. The Morgan fingerprint density at radius 3 is 2.75 bits per heavy atom. The number of benzene rings is 1. The Hall–Kier alpha value is -2.61. The van der Waals surface area contributed by atoms with E-state index in [0.29, 0.717) is 23.4 Å². The highest BCUT2D eigenvalue weighted by Crippen LogP contribution is 2.17. The van der Waals surface area contributed by atoms with Crippen molar-refractivity contribution >= 4 is 5.97 Å². The smallest absolute Gasteiger partial charge is 0.341 e. The number of nitriles is 1. The van der Waals surface area contributed by atoms with E-state index in [9.17, 15) is 4.79 Å². The molecule has 0 aliphatic rings. The molecule has 0 aliphatic heterocycles. The third-order valence-electron chi connectivity index (χ3n) is 3.23. The number of aryl methyl sites for hydroxylation is 1. The Kier molecular flexibility index (Phi) is 3.85. The average molecular weight is 269 g/mol. The zero-order chi connectivity index (χ0) is 14.7. The van der Waals surface area contributed by atoms with Crippen LogP contribution in [0, 0.1) is 25.2 Å². The van der Waals surface area contributed by atoms with Crippen LogP contribution in [0.15, 0.2) is 24.3 Å². The molecule has 0 N–H and O–H groups in total. The van der Waals surface area contributed by atoms with Gasteiger partial charge in [0.1, 0.15) is 5.56 Å². The van der Waals surface area contributed by atoms with Gasteiger partial charge in [-0.15, -0.1) is 0 Å². The number of hydrogen-bond donors (Lipinski definition) is 0. The lowest BCUT2D eigenvalue weighted by atomic mass is 10.1. The largest absolute Gasteiger partial charge is 0.465 e. The van der Waals surface area contributed by atoms with E-state index in [0.717, 1.165) is 11.3 Å². The molecule has 0 saturated heterocycles. The van der Waals surface area contributed by atoms with Gasteiger partial charge in [0, 0.05) is 0 Å². The first kappa shape index (κ1) is 13.8. The molecule has 0 spiro atoms. The monoisotopic (exact) mass is 269 g/mol. The molecule has 0 fully saturated rings. The minimum Gasteiger partial charge on any atom is -0.465 e. The Balaban J connectivity index is 2.41. The summed E-state index contributed by atoms with van der Waals surface area (Å²) in [6.45, 7) is 4.04. The molecule has 102 valence electrons. The van der Waals surface area contributed by atoms with Crippen LogP contribution in [0.25, 0.3) is 0 Å². The van der Waals surface area contributed by atoms with Gasteiger partial charge in [0.05, 0.1) is 36.7 Å². The third-order valence-corrected chi connectivity index (χ3v) is 3.23. The van der Waals surface area contributed by atoms with Crippen LogP contribution in [-0.2, 0) is 11.3 Å². The number of ether oxygens (including phenoxy) is 1. The summed E-state index contributed by atoms with van der Waals surface area (Å²) in [6.07, 6.45) is 0. The molecule has 0 amide bonds. The summed E-state index contributed by atoms with van der Waals surface area (Å²) in [7, 11) is 1.35. The molecule has 0 saturated carbocycles. The number of nitrogens with zero attached hydrogens (tertiary/aromatic N) is 3. The van der Waals surface area contributed by atoms with E-state index in [2.05, 4.69) is 11.2 Å². The average Bonchev–Trinajstić information content (AvgIpc) is 2.73. The summed E-state index contributed by atoms with van der Waals surface area (Å²) in [6, 6.07) is 9.51. The summed E-state index contributed by atoms with van der Waals surface area (Å²) in [4.78, 5) is 11.7. The number of hydrogen-bond acceptors (Lipinski definition) is 4. The zero-order valence-corrected chi connectivity index (χ0v) is 11.7. The van der Waals surface area contributed by atoms with Crippen LogP contribution in [-0.4, -0.2) is 22.9 Å². The van der Waals surface area contributed by atoms with Gasteiger partial charge in [0.25, 0.3) is 0 Å². The molecular formula is C15H15N3O2. The van der Waals surface area contributed by atoms with Gasteiger partial charge in [-0.2, -0.15) is 10.4 Å². The Morgan fingerprint density at radius 2 is 2.10 bits per heavy atom. The van der Waals surface area contributed by atoms with Gasteiger partial charge in [-0.25, -0.2) is 4.79 Å². The lowest BCUT2D eigenvalue weighted by Gasteiger charge is -2.06. The van der Waals surface area contributed by atoms with Gasteiger partial charge in [-0.1, -0.05) is 18.2 Å². The second kappa shape index (κ2) is 5.57. The van der Waals surface area contributed by atoms with Crippen LogP contribution in [0.2, 0.25) is 0 Å². The molecule has 0 aliphatic carbocycles. The van der Waals surface area contributed by atoms with E-state index < -0.39 is 0 Å². The minimum absolute atomic E-state index is 0.389. The van der Waals surface area contributed by atoms with Crippen molar-refractivity contribution in [2.24, 2.45) is 0 Å². The second-order valence-electron chi connectivity index (χ2n) is 4.46. The van der Waals surface area contributed by atoms with Crippen molar-refractivity contribution < 1.29 is 9.53 Å². The van der Waals surface area contributed by atoms with Crippen molar-refractivity contribution in [3.05, 3.63) is 52.3 Å². The van der Waals surface area contributed by atoms with Crippen LogP contribution in [0.4, 0.5) is 0 Å². The summed E-state index contributed by atoms with van der Waals surface area (Å²) < 4.78 is 6.48. The highest BCUT2D eigenvalue weighted by Gasteiger charge is 2.19. The van der Waals surface area contributed by atoms with Gasteiger partial charge in [-0.3, -0.25) is 4.68 Å². The molecule has 1 aromatic carbocycles. The van der Waals surface area contributed by atoms with Crippen LogP contribution in [0.5, 0.6) is 0 Å². The molecule has 0 bridgehead atoms. The molecular weight excluding hydrogens is 254 g/mol. The number of methoxy groups -OCH3 is 1. The topological polar surface area (TPSA) is 67.9 Å². The van der Waals surface area contributed by atoms with Crippen molar-refractivity contribution in [2.75, 3.05) is 7.11 Å². The fourth-order valence-electron chi connectivity index (χ4n) is 2.18. The number of carbonyl (C=O) groups excluding carboxylic acids is 1. The maximum absolute atomic E-state index is 11.7. The molecule has 2 aromatic rings. The van der Waals surface area contributed by atoms with Gasteiger partial charge in [0.2, 0.25) is 0 Å².